The average Bonchev–Trinajstić information content (AvgIpc) is 3.15. The Labute approximate surface area is 188 Å². The van der Waals surface area contributed by atoms with E-state index in [1.54, 1.807) is 19.1 Å². The number of halogens is 5. The molecule has 10 heteroatoms. The Bertz CT molecular complexity index is 1100. The van der Waals surface area contributed by atoms with E-state index in [4.69, 9.17) is 0 Å². The molecule has 0 radical (unpaired) electrons. The van der Waals surface area contributed by atoms with Crippen LogP contribution in [0, 0.1) is 0 Å². The van der Waals surface area contributed by atoms with Gasteiger partial charge in [-0.2, -0.15) is 18.3 Å². The van der Waals surface area contributed by atoms with E-state index in [2.05, 4.69) is 22.0 Å². The van der Waals surface area contributed by atoms with Crippen molar-refractivity contribution in [2.75, 3.05) is 5.32 Å². The maximum absolute atomic E-state index is 13.3. The van der Waals surface area contributed by atoms with Gasteiger partial charge in [-0.3, -0.25) is 14.5 Å². The molecule has 0 aliphatic heterocycles. The maximum atomic E-state index is 13.3. The summed E-state index contributed by atoms with van der Waals surface area (Å²) in [5.74, 6) is -0.0364. The highest BCUT2D eigenvalue weighted by Crippen LogP contribution is 2.34. The lowest BCUT2D eigenvalue weighted by atomic mass is 10.0. The van der Waals surface area contributed by atoms with E-state index in [0.717, 1.165) is 11.8 Å². The van der Waals surface area contributed by atoms with Gasteiger partial charge in [-0.05, 0) is 56.5 Å². The third kappa shape index (κ3) is 6.84. The largest absolute Gasteiger partial charge is 0.435 e. The number of ketones is 1. The Morgan fingerprint density at radius 1 is 1.24 bits per heavy atom. The molecule has 1 aromatic carbocycles. The van der Waals surface area contributed by atoms with Gasteiger partial charge in [0.25, 0.3) is 6.43 Å². The van der Waals surface area contributed by atoms with E-state index in [9.17, 15) is 26.7 Å². The fourth-order valence-electron chi connectivity index (χ4n) is 3.07. The fourth-order valence-corrected chi connectivity index (χ4v) is 3.07. The zero-order chi connectivity index (χ0) is 24.9. The van der Waals surface area contributed by atoms with Gasteiger partial charge in [-0.25, -0.2) is 8.78 Å². The molecule has 0 amide bonds. The number of carbonyl (C=O) groups excluding carboxylic acids is 1. The second-order valence-electron chi connectivity index (χ2n) is 7.41. The zero-order valence-electron chi connectivity index (χ0n) is 18.7. The van der Waals surface area contributed by atoms with E-state index in [1.807, 2.05) is 13.0 Å². The van der Waals surface area contributed by atoms with Crippen LogP contribution >= 0.6 is 0 Å². The Morgan fingerprint density at radius 2 is 1.91 bits per heavy atom. The van der Waals surface area contributed by atoms with Crippen molar-refractivity contribution in [3.63, 3.8) is 0 Å². The van der Waals surface area contributed by atoms with Crippen molar-refractivity contribution in [2.45, 2.75) is 53.3 Å². The minimum absolute atomic E-state index is 0.0364. The first-order chi connectivity index (χ1) is 15.3. The number of hydrogen-bond donors (Lipinski definition) is 1. The number of hydrogen-bond acceptors (Lipinski definition) is 4. The Morgan fingerprint density at radius 3 is 2.45 bits per heavy atom. The number of rotatable bonds is 9. The van der Waals surface area contributed by atoms with Crippen LogP contribution in [0.15, 0.2) is 47.9 Å². The number of alkyl halides is 5. The summed E-state index contributed by atoms with van der Waals surface area (Å²) in [4.78, 5) is 15.9. The number of aryl methyl sites for hydroxylation is 1. The van der Waals surface area contributed by atoms with E-state index in [1.165, 1.54) is 20.0 Å². The lowest BCUT2D eigenvalue weighted by molar-refractivity contribution is -0.141. The lowest BCUT2D eigenvalue weighted by Gasteiger charge is -2.12. The van der Waals surface area contributed by atoms with Crippen LogP contribution in [-0.2, 0) is 19.1 Å². The maximum Gasteiger partial charge on any atom is 0.435 e. The van der Waals surface area contributed by atoms with Crippen molar-refractivity contribution in [2.24, 2.45) is 4.99 Å². The lowest BCUT2D eigenvalue weighted by Crippen LogP contribution is -2.11. The first kappa shape index (κ1) is 26.0. The number of nitrogens with one attached hydrogen (secondary N) is 1. The van der Waals surface area contributed by atoms with Crippen molar-refractivity contribution in [3.8, 4) is 0 Å². The van der Waals surface area contributed by atoms with E-state index in [0.29, 0.717) is 33.8 Å². The molecule has 0 saturated carbocycles. The number of Topliss-reactive ketones (excluding diaryl/α,β-unsaturated/α-hetero) is 1. The number of anilines is 1. The molecular weight excluding hydrogens is 443 g/mol. The summed E-state index contributed by atoms with van der Waals surface area (Å²) >= 11 is 0. The Balaban J connectivity index is 2.25. The summed E-state index contributed by atoms with van der Waals surface area (Å²) in [6.45, 7) is 9.38. The molecule has 0 bridgehead atoms. The van der Waals surface area contributed by atoms with Gasteiger partial charge in [-0.15, -0.1) is 0 Å². The Kier molecular flexibility index (Phi) is 8.29. The SMILES string of the molecule is C=C(Nc1ccc(C(C)=O)c(CC)c1)C(C)=N/C=C(\C)c1cn(CC(F)F)nc1C(F)(F)F. The molecule has 178 valence electrons. The summed E-state index contributed by atoms with van der Waals surface area (Å²) in [6, 6.07) is 5.26. The molecule has 2 rings (SSSR count). The van der Waals surface area contributed by atoms with Crippen LogP contribution in [0.5, 0.6) is 0 Å². The molecule has 5 nitrogen and oxygen atoms in total. The number of aliphatic imine (C=N–C) groups is 1. The average molecular weight is 468 g/mol. The molecule has 0 aliphatic carbocycles. The molecule has 0 saturated heterocycles. The number of aromatic nitrogens is 2. The summed E-state index contributed by atoms with van der Waals surface area (Å²) in [5.41, 5.74) is 1.51. The van der Waals surface area contributed by atoms with Gasteiger partial charge in [0.05, 0.1) is 11.4 Å². The van der Waals surface area contributed by atoms with Gasteiger partial charge in [0.2, 0.25) is 0 Å². The molecule has 1 heterocycles. The van der Waals surface area contributed by atoms with Crippen molar-refractivity contribution in [3.05, 3.63) is 65.3 Å². The number of carbonyl (C=O) groups is 1. The molecule has 2 aromatic rings. The smallest absolute Gasteiger partial charge is 0.355 e. The first-order valence-electron chi connectivity index (χ1n) is 10.1. The molecule has 1 aromatic heterocycles. The molecule has 0 unspecified atom stereocenters. The van der Waals surface area contributed by atoms with Crippen LogP contribution < -0.4 is 5.32 Å². The molecule has 0 fully saturated rings. The van der Waals surface area contributed by atoms with Gasteiger partial charge < -0.3 is 5.32 Å². The molecule has 0 aliphatic rings. The van der Waals surface area contributed by atoms with Crippen LogP contribution in [0.1, 0.15) is 54.9 Å². The summed E-state index contributed by atoms with van der Waals surface area (Å²) in [7, 11) is 0. The van der Waals surface area contributed by atoms with Gasteiger partial charge in [-0.1, -0.05) is 13.5 Å². The van der Waals surface area contributed by atoms with E-state index in [-0.39, 0.29) is 16.9 Å². The van der Waals surface area contributed by atoms with Crippen molar-refractivity contribution < 1.29 is 26.7 Å². The number of benzene rings is 1. The highest BCUT2D eigenvalue weighted by Gasteiger charge is 2.37. The minimum atomic E-state index is -4.80. The number of allylic oxidation sites excluding steroid dienone is 2. The van der Waals surface area contributed by atoms with Crippen LogP contribution in [0.4, 0.5) is 27.6 Å². The van der Waals surface area contributed by atoms with Crippen molar-refractivity contribution in [1.29, 1.82) is 0 Å². The third-order valence-electron chi connectivity index (χ3n) is 4.83. The van der Waals surface area contributed by atoms with Crippen LogP contribution in [0.3, 0.4) is 0 Å². The predicted molar refractivity (Wildman–Crippen MR) is 119 cm³/mol. The van der Waals surface area contributed by atoms with E-state index < -0.39 is 24.8 Å². The fraction of sp³-hybridized carbons (Fsp3) is 0.348. The summed E-state index contributed by atoms with van der Waals surface area (Å²) < 4.78 is 65.6. The van der Waals surface area contributed by atoms with Crippen molar-refractivity contribution >= 4 is 22.8 Å². The van der Waals surface area contributed by atoms with Crippen LogP contribution in [0.25, 0.3) is 5.57 Å². The highest BCUT2D eigenvalue weighted by atomic mass is 19.4. The molecule has 1 N–H and O–H groups in total. The summed E-state index contributed by atoms with van der Waals surface area (Å²) in [6.07, 6.45) is -4.84. The van der Waals surface area contributed by atoms with Gasteiger partial charge in [0.1, 0.15) is 6.54 Å². The quantitative estimate of drug-likeness (QED) is 0.264. The minimum Gasteiger partial charge on any atom is -0.355 e. The molecule has 0 atom stereocenters. The van der Waals surface area contributed by atoms with E-state index >= 15 is 0 Å². The highest BCUT2D eigenvalue weighted by molar-refractivity contribution is 6.01. The first-order valence-corrected chi connectivity index (χ1v) is 10.1. The molecule has 33 heavy (non-hydrogen) atoms. The topological polar surface area (TPSA) is 59.3 Å². The molecular formula is C23H25F5N4O. The van der Waals surface area contributed by atoms with Gasteiger partial charge in [0.15, 0.2) is 11.5 Å². The van der Waals surface area contributed by atoms with Crippen LogP contribution in [-0.4, -0.2) is 27.7 Å². The van der Waals surface area contributed by atoms with Gasteiger partial charge in [0, 0.05) is 29.2 Å². The predicted octanol–water partition coefficient (Wildman–Crippen LogP) is 6.38. The number of nitrogens with zero attached hydrogens (tertiary/aromatic N) is 3. The standard InChI is InChI=1S/C23H25F5N4O/c1-6-17-9-18(7-8-19(17)16(5)33)30-15(4)14(3)29-10-13(2)20-11-32(12-21(24)25)31-22(20)23(26,27)28/h7-11,21,30H,4,6,12H2,1-3,5H3/b13-10+,29-14?. The zero-order valence-corrected chi connectivity index (χ0v) is 18.7. The third-order valence-corrected chi connectivity index (χ3v) is 4.83. The van der Waals surface area contributed by atoms with Gasteiger partial charge >= 0.3 is 6.18 Å². The normalized spacial score (nSPS) is 12.9. The van der Waals surface area contributed by atoms with Crippen LogP contribution in [0.2, 0.25) is 0 Å². The summed E-state index contributed by atoms with van der Waals surface area (Å²) in [5, 5.41) is 6.33. The van der Waals surface area contributed by atoms with Crippen molar-refractivity contribution in [1.82, 2.24) is 9.78 Å². The Hall–Kier alpha value is -3.30. The second kappa shape index (κ2) is 10.5. The second-order valence-corrected chi connectivity index (χ2v) is 7.41. The molecule has 0 spiro atoms. The monoisotopic (exact) mass is 468 g/mol.